The maximum absolute atomic E-state index is 11.3. The van der Waals surface area contributed by atoms with Gasteiger partial charge in [0, 0.05) is 16.6 Å². The summed E-state index contributed by atoms with van der Waals surface area (Å²) in [5.41, 5.74) is 4.25. The Morgan fingerprint density at radius 1 is 0.846 bits per heavy atom. The monoisotopic (exact) mass is 358 g/mol. The number of hydrogen-bond acceptors (Lipinski definition) is 4. The van der Waals surface area contributed by atoms with E-state index in [1.807, 2.05) is 53.9 Å². The second-order valence-corrected chi connectivity index (χ2v) is 6.65. The second-order valence-electron chi connectivity index (χ2n) is 5.70. The molecular formula is C21H14N2O2S. The summed E-state index contributed by atoms with van der Waals surface area (Å²) in [6.45, 7) is 0. The molecule has 1 aromatic carbocycles. The van der Waals surface area contributed by atoms with E-state index < -0.39 is 5.97 Å². The van der Waals surface area contributed by atoms with Crippen molar-refractivity contribution in [1.29, 1.82) is 0 Å². The van der Waals surface area contributed by atoms with Gasteiger partial charge in [0.05, 0.1) is 22.6 Å². The van der Waals surface area contributed by atoms with Crippen LogP contribution in [0.15, 0.2) is 78.3 Å². The van der Waals surface area contributed by atoms with E-state index in [4.69, 9.17) is 4.98 Å². The Labute approximate surface area is 154 Å². The van der Waals surface area contributed by atoms with Crippen LogP contribution in [0.1, 0.15) is 10.4 Å². The third-order valence-corrected chi connectivity index (χ3v) is 4.89. The summed E-state index contributed by atoms with van der Waals surface area (Å²) in [6.07, 6.45) is 1.50. The third kappa shape index (κ3) is 3.25. The van der Waals surface area contributed by atoms with Gasteiger partial charge in [-0.2, -0.15) is 0 Å². The Bertz CT molecular complexity index is 1060. The molecule has 4 rings (SSSR count). The van der Waals surface area contributed by atoms with Crippen LogP contribution in [0.4, 0.5) is 0 Å². The van der Waals surface area contributed by atoms with Gasteiger partial charge in [-0.25, -0.2) is 9.78 Å². The lowest BCUT2D eigenvalue weighted by atomic mass is 10.1. The number of carboxylic acid groups (broad SMARTS) is 1. The highest BCUT2D eigenvalue weighted by molar-refractivity contribution is 7.13. The number of carbonyl (C=O) groups is 1. The number of rotatable bonds is 4. The molecule has 3 heterocycles. The molecule has 0 spiro atoms. The van der Waals surface area contributed by atoms with E-state index in [2.05, 4.69) is 11.1 Å². The van der Waals surface area contributed by atoms with Gasteiger partial charge in [-0.3, -0.25) is 4.98 Å². The molecule has 126 valence electrons. The van der Waals surface area contributed by atoms with Crippen molar-refractivity contribution in [2.45, 2.75) is 0 Å². The van der Waals surface area contributed by atoms with E-state index in [0.717, 1.165) is 21.7 Å². The lowest BCUT2D eigenvalue weighted by Crippen LogP contribution is -1.98. The molecule has 0 radical (unpaired) electrons. The summed E-state index contributed by atoms with van der Waals surface area (Å²) in [7, 11) is 0. The SMILES string of the molecule is O=C(O)c1ccnc(-c2cc(-c3cccs3)cc(-c3ccccc3)n2)c1. The number of carboxylic acids is 1. The molecule has 0 aliphatic carbocycles. The third-order valence-electron chi connectivity index (χ3n) is 3.97. The standard InChI is InChI=1S/C21H14N2O2S/c24-21(25)15-8-9-22-18(11-15)19-13-16(20-7-4-10-26-20)12-17(23-19)14-5-2-1-3-6-14/h1-13H,(H,24,25). The van der Waals surface area contributed by atoms with Crippen LogP contribution in [0.25, 0.3) is 33.1 Å². The number of pyridine rings is 2. The van der Waals surface area contributed by atoms with Crippen LogP contribution in [0.3, 0.4) is 0 Å². The molecule has 26 heavy (non-hydrogen) atoms. The molecule has 0 saturated carbocycles. The fraction of sp³-hybridized carbons (Fsp3) is 0. The van der Waals surface area contributed by atoms with Crippen molar-refractivity contribution in [3.63, 3.8) is 0 Å². The quantitative estimate of drug-likeness (QED) is 0.542. The highest BCUT2D eigenvalue weighted by Gasteiger charge is 2.12. The van der Waals surface area contributed by atoms with Crippen LogP contribution < -0.4 is 0 Å². The molecule has 0 aliphatic rings. The maximum Gasteiger partial charge on any atom is 0.335 e. The number of nitrogens with zero attached hydrogens (tertiary/aromatic N) is 2. The molecule has 1 N–H and O–H groups in total. The van der Waals surface area contributed by atoms with Crippen LogP contribution >= 0.6 is 11.3 Å². The average Bonchev–Trinajstić information content (AvgIpc) is 3.23. The Morgan fingerprint density at radius 2 is 1.65 bits per heavy atom. The summed E-state index contributed by atoms with van der Waals surface area (Å²) in [5, 5.41) is 11.3. The normalized spacial score (nSPS) is 10.6. The molecule has 4 nitrogen and oxygen atoms in total. The van der Waals surface area contributed by atoms with Crippen molar-refractivity contribution in [2.75, 3.05) is 0 Å². The van der Waals surface area contributed by atoms with Gasteiger partial charge in [-0.15, -0.1) is 11.3 Å². The van der Waals surface area contributed by atoms with E-state index in [0.29, 0.717) is 11.4 Å². The molecule has 0 unspecified atom stereocenters. The first kappa shape index (κ1) is 16.2. The topological polar surface area (TPSA) is 63.1 Å². The summed E-state index contributed by atoms with van der Waals surface area (Å²) >= 11 is 1.65. The second kappa shape index (κ2) is 6.90. The van der Waals surface area contributed by atoms with E-state index in [-0.39, 0.29) is 5.56 Å². The van der Waals surface area contributed by atoms with E-state index in [1.54, 1.807) is 17.4 Å². The maximum atomic E-state index is 11.3. The number of benzene rings is 1. The van der Waals surface area contributed by atoms with Crippen LogP contribution in [0, 0.1) is 0 Å². The van der Waals surface area contributed by atoms with Gasteiger partial charge in [0.25, 0.3) is 0 Å². The Hall–Kier alpha value is -3.31. The van der Waals surface area contributed by atoms with Crippen molar-refractivity contribution in [2.24, 2.45) is 0 Å². The predicted octanol–water partition coefficient (Wildman–Crippen LogP) is 5.24. The molecule has 3 aromatic heterocycles. The summed E-state index contributed by atoms with van der Waals surface area (Å²) in [5.74, 6) is -0.980. The predicted molar refractivity (Wildman–Crippen MR) is 103 cm³/mol. The zero-order valence-electron chi connectivity index (χ0n) is 13.7. The van der Waals surface area contributed by atoms with Crippen molar-refractivity contribution in [3.8, 4) is 33.1 Å². The van der Waals surface area contributed by atoms with Gasteiger partial charge in [0.15, 0.2) is 0 Å². The Morgan fingerprint density at radius 3 is 2.38 bits per heavy atom. The van der Waals surface area contributed by atoms with Gasteiger partial charge >= 0.3 is 5.97 Å². The number of hydrogen-bond donors (Lipinski definition) is 1. The Balaban J connectivity index is 1.90. The molecule has 0 aliphatic heterocycles. The number of aromatic carboxylic acids is 1. The fourth-order valence-electron chi connectivity index (χ4n) is 2.71. The molecule has 4 aromatic rings. The van der Waals surface area contributed by atoms with Crippen LogP contribution in [0.2, 0.25) is 0 Å². The molecule has 0 bridgehead atoms. The van der Waals surface area contributed by atoms with Gasteiger partial charge in [-0.05, 0) is 41.3 Å². The summed E-state index contributed by atoms with van der Waals surface area (Å²) < 4.78 is 0. The average molecular weight is 358 g/mol. The molecule has 0 saturated heterocycles. The van der Waals surface area contributed by atoms with Crippen LogP contribution in [-0.4, -0.2) is 21.0 Å². The van der Waals surface area contributed by atoms with Crippen molar-refractivity contribution in [3.05, 3.63) is 83.9 Å². The summed E-state index contributed by atoms with van der Waals surface area (Å²) in [6, 6.07) is 21.0. The molecule has 5 heteroatoms. The molecule has 0 amide bonds. The van der Waals surface area contributed by atoms with Gasteiger partial charge in [0.2, 0.25) is 0 Å². The van der Waals surface area contributed by atoms with E-state index in [9.17, 15) is 9.90 Å². The zero-order valence-corrected chi connectivity index (χ0v) is 14.5. The Kier molecular flexibility index (Phi) is 4.29. The van der Waals surface area contributed by atoms with Gasteiger partial charge in [-0.1, -0.05) is 36.4 Å². The number of aromatic nitrogens is 2. The summed E-state index contributed by atoms with van der Waals surface area (Å²) in [4.78, 5) is 21.5. The minimum Gasteiger partial charge on any atom is -0.478 e. The minimum atomic E-state index is -0.980. The highest BCUT2D eigenvalue weighted by Crippen LogP contribution is 2.31. The number of thiophene rings is 1. The van der Waals surface area contributed by atoms with Crippen molar-refractivity contribution < 1.29 is 9.90 Å². The minimum absolute atomic E-state index is 0.194. The molecule has 0 fully saturated rings. The first-order valence-electron chi connectivity index (χ1n) is 8.02. The first-order chi connectivity index (χ1) is 12.7. The fourth-order valence-corrected chi connectivity index (χ4v) is 3.42. The lowest BCUT2D eigenvalue weighted by Gasteiger charge is -2.09. The van der Waals surface area contributed by atoms with Crippen LogP contribution in [-0.2, 0) is 0 Å². The van der Waals surface area contributed by atoms with Gasteiger partial charge in [0.1, 0.15) is 0 Å². The highest BCUT2D eigenvalue weighted by atomic mass is 32.1. The smallest absolute Gasteiger partial charge is 0.335 e. The van der Waals surface area contributed by atoms with Gasteiger partial charge < -0.3 is 5.11 Å². The van der Waals surface area contributed by atoms with E-state index >= 15 is 0 Å². The molecule has 0 atom stereocenters. The first-order valence-corrected chi connectivity index (χ1v) is 8.90. The lowest BCUT2D eigenvalue weighted by molar-refractivity contribution is 0.0697. The van der Waals surface area contributed by atoms with Crippen molar-refractivity contribution >= 4 is 17.3 Å². The van der Waals surface area contributed by atoms with E-state index in [1.165, 1.54) is 12.3 Å². The zero-order chi connectivity index (χ0) is 17.9. The van der Waals surface area contributed by atoms with Crippen LogP contribution in [0.5, 0.6) is 0 Å². The largest absolute Gasteiger partial charge is 0.478 e. The molecular weight excluding hydrogens is 344 g/mol. The van der Waals surface area contributed by atoms with Crippen molar-refractivity contribution in [1.82, 2.24) is 9.97 Å².